The molecule has 20 heavy (non-hydrogen) atoms. The van der Waals surface area contributed by atoms with Gasteiger partial charge >= 0.3 is 18.0 Å². The quantitative estimate of drug-likeness (QED) is 0.751. The standard InChI is InChI=1S/C13H22N2O5/c1-13(2,3)20-10(16)8-9(11(17)18)14-12(19)15-6-4-5-7-15/h9H,4-8H2,1-3H3,(H,14,19)(H,17,18)/t9-/m0/s1. The molecule has 0 aromatic carbocycles. The third-order valence-electron chi connectivity index (χ3n) is 2.78. The van der Waals surface area contributed by atoms with Crippen molar-refractivity contribution in [3.05, 3.63) is 0 Å². The monoisotopic (exact) mass is 286 g/mol. The highest BCUT2D eigenvalue weighted by Gasteiger charge is 2.28. The van der Waals surface area contributed by atoms with Crippen LogP contribution in [0.3, 0.4) is 0 Å². The van der Waals surface area contributed by atoms with E-state index in [1.165, 1.54) is 0 Å². The first-order valence-electron chi connectivity index (χ1n) is 6.69. The molecule has 0 spiro atoms. The number of carboxylic acids is 1. The fourth-order valence-corrected chi connectivity index (χ4v) is 1.91. The predicted octanol–water partition coefficient (Wildman–Crippen LogP) is 0.977. The van der Waals surface area contributed by atoms with Crippen molar-refractivity contribution in [3.63, 3.8) is 0 Å². The molecule has 1 saturated heterocycles. The van der Waals surface area contributed by atoms with Crippen molar-refractivity contribution >= 4 is 18.0 Å². The van der Waals surface area contributed by atoms with Gasteiger partial charge in [0.05, 0.1) is 6.42 Å². The zero-order valence-electron chi connectivity index (χ0n) is 12.1. The fraction of sp³-hybridized carbons (Fsp3) is 0.769. The van der Waals surface area contributed by atoms with Gasteiger partial charge in [0.15, 0.2) is 0 Å². The van der Waals surface area contributed by atoms with E-state index in [4.69, 9.17) is 9.84 Å². The van der Waals surface area contributed by atoms with Crippen molar-refractivity contribution in [2.45, 2.75) is 51.7 Å². The SMILES string of the molecule is CC(C)(C)OC(=O)C[C@H](NC(=O)N1CCCC1)C(=O)O. The van der Waals surface area contributed by atoms with Crippen molar-refractivity contribution in [1.82, 2.24) is 10.2 Å². The number of urea groups is 1. The van der Waals surface area contributed by atoms with Crippen LogP contribution in [0.4, 0.5) is 4.79 Å². The highest BCUT2D eigenvalue weighted by molar-refractivity contribution is 5.86. The second-order valence-corrected chi connectivity index (χ2v) is 5.83. The second-order valence-electron chi connectivity index (χ2n) is 5.83. The number of rotatable bonds is 4. The molecule has 0 radical (unpaired) electrons. The normalized spacial score (nSPS) is 16.6. The lowest BCUT2D eigenvalue weighted by atomic mass is 10.1. The molecule has 1 fully saturated rings. The lowest BCUT2D eigenvalue weighted by Gasteiger charge is -2.23. The minimum Gasteiger partial charge on any atom is -0.480 e. The van der Waals surface area contributed by atoms with Gasteiger partial charge in [-0.1, -0.05) is 0 Å². The first-order valence-corrected chi connectivity index (χ1v) is 6.69. The summed E-state index contributed by atoms with van der Waals surface area (Å²) in [7, 11) is 0. The summed E-state index contributed by atoms with van der Waals surface area (Å²) in [5.41, 5.74) is -0.681. The van der Waals surface area contributed by atoms with E-state index in [9.17, 15) is 14.4 Å². The van der Waals surface area contributed by atoms with Crippen LogP contribution in [0.15, 0.2) is 0 Å². The average molecular weight is 286 g/mol. The summed E-state index contributed by atoms with van der Waals surface area (Å²) < 4.78 is 5.06. The number of carboxylic acid groups (broad SMARTS) is 1. The van der Waals surface area contributed by atoms with Crippen LogP contribution in [0.25, 0.3) is 0 Å². The fourth-order valence-electron chi connectivity index (χ4n) is 1.91. The summed E-state index contributed by atoms with van der Waals surface area (Å²) in [5, 5.41) is 11.4. The minimum absolute atomic E-state index is 0.383. The number of esters is 1. The number of hydrogen-bond acceptors (Lipinski definition) is 4. The Bertz CT molecular complexity index is 383. The van der Waals surface area contributed by atoms with E-state index in [-0.39, 0.29) is 6.42 Å². The predicted molar refractivity (Wildman–Crippen MR) is 71.2 cm³/mol. The lowest BCUT2D eigenvalue weighted by molar-refractivity contribution is -0.158. The van der Waals surface area contributed by atoms with Gasteiger partial charge in [-0.15, -0.1) is 0 Å². The molecule has 2 N–H and O–H groups in total. The van der Waals surface area contributed by atoms with E-state index in [1.54, 1.807) is 25.7 Å². The number of aliphatic carboxylic acids is 1. The molecule has 1 atom stereocenters. The van der Waals surface area contributed by atoms with Gasteiger partial charge in [0.2, 0.25) is 0 Å². The second kappa shape index (κ2) is 6.58. The lowest BCUT2D eigenvalue weighted by Crippen LogP contribution is -2.48. The molecule has 0 aliphatic carbocycles. The topological polar surface area (TPSA) is 95.9 Å². The van der Waals surface area contributed by atoms with Gasteiger partial charge in [0.25, 0.3) is 0 Å². The number of hydrogen-bond donors (Lipinski definition) is 2. The third-order valence-corrected chi connectivity index (χ3v) is 2.78. The number of likely N-dealkylation sites (tertiary alicyclic amines) is 1. The van der Waals surface area contributed by atoms with Gasteiger partial charge in [-0.05, 0) is 33.6 Å². The van der Waals surface area contributed by atoms with Crippen molar-refractivity contribution in [3.8, 4) is 0 Å². The number of carbonyl (C=O) groups excluding carboxylic acids is 2. The maximum absolute atomic E-state index is 11.8. The Hall–Kier alpha value is -1.79. The van der Waals surface area contributed by atoms with E-state index in [0.717, 1.165) is 12.8 Å². The Morgan fingerprint density at radius 3 is 2.25 bits per heavy atom. The van der Waals surface area contributed by atoms with E-state index >= 15 is 0 Å². The van der Waals surface area contributed by atoms with Crippen molar-refractivity contribution in [1.29, 1.82) is 0 Å². The van der Waals surface area contributed by atoms with Crippen LogP contribution >= 0.6 is 0 Å². The van der Waals surface area contributed by atoms with Crippen LogP contribution in [0.2, 0.25) is 0 Å². The molecule has 114 valence electrons. The first-order chi connectivity index (χ1) is 9.19. The van der Waals surface area contributed by atoms with Crippen LogP contribution in [-0.4, -0.2) is 52.7 Å². The summed E-state index contributed by atoms with van der Waals surface area (Å²) in [4.78, 5) is 36.1. The first kappa shape index (κ1) is 16.3. The van der Waals surface area contributed by atoms with Crippen LogP contribution in [0.1, 0.15) is 40.0 Å². The Balaban J connectivity index is 2.54. The molecule has 1 rings (SSSR count). The molecule has 7 nitrogen and oxygen atoms in total. The Kier molecular flexibility index (Phi) is 5.35. The molecule has 1 heterocycles. The molecular weight excluding hydrogens is 264 g/mol. The summed E-state index contributed by atoms with van der Waals surface area (Å²) in [6, 6.07) is -1.71. The van der Waals surface area contributed by atoms with Gasteiger partial charge in [-0.2, -0.15) is 0 Å². The Morgan fingerprint density at radius 2 is 1.80 bits per heavy atom. The molecule has 0 aromatic heterocycles. The summed E-state index contributed by atoms with van der Waals surface area (Å²) >= 11 is 0. The van der Waals surface area contributed by atoms with Gasteiger partial charge < -0.3 is 20.1 Å². The number of amides is 2. The minimum atomic E-state index is -1.27. The van der Waals surface area contributed by atoms with Gasteiger partial charge in [-0.25, -0.2) is 9.59 Å². The molecule has 2 amide bonds. The molecule has 0 saturated carbocycles. The maximum atomic E-state index is 11.8. The van der Waals surface area contributed by atoms with Crippen molar-refractivity contribution < 1.29 is 24.2 Å². The number of nitrogens with one attached hydrogen (secondary N) is 1. The molecule has 1 aliphatic heterocycles. The van der Waals surface area contributed by atoms with Gasteiger partial charge in [0.1, 0.15) is 11.6 Å². The van der Waals surface area contributed by atoms with E-state index in [1.807, 2.05) is 0 Å². The van der Waals surface area contributed by atoms with Crippen LogP contribution in [-0.2, 0) is 14.3 Å². The molecule has 0 bridgehead atoms. The summed E-state index contributed by atoms with van der Waals surface area (Å²) in [6.07, 6.45) is 1.45. The zero-order chi connectivity index (χ0) is 15.3. The average Bonchev–Trinajstić information content (AvgIpc) is 2.78. The van der Waals surface area contributed by atoms with Gasteiger partial charge in [0, 0.05) is 13.1 Å². The number of ether oxygens (including phenoxy) is 1. The van der Waals surface area contributed by atoms with Crippen LogP contribution < -0.4 is 5.32 Å². The largest absolute Gasteiger partial charge is 0.480 e. The molecule has 1 aliphatic rings. The van der Waals surface area contributed by atoms with Crippen LogP contribution in [0.5, 0.6) is 0 Å². The van der Waals surface area contributed by atoms with Crippen LogP contribution in [0, 0.1) is 0 Å². The number of nitrogens with zero attached hydrogens (tertiary/aromatic N) is 1. The van der Waals surface area contributed by atoms with E-state index < -0.39 is 29.6 Å². The van der Waals surface area contributed by atoms with Gasteiger partial charge in [-0.3, -0.25) is 4.79 Å². The summed E-state index contributed by atoms with van der Waals surface area (Å²) in [6.45, 7) is 6.33. The molecule has 0 unspecified atom stereocenters. The Labute approximate surface area is 118 Å². The zero-order valence-corrected chi connectivity index (χ0v) is 12.1. The molecule has 7 heteroatoms. The summed E-state index contributed by atoms with van der Waals surface area (Å²) in [5.74, 6) is -1.89. The molecule has 0 aromatic rings. The maximum Gasteiger partial charge on any atom is 0.326 e. The highest BCUT2D eigenvalue weighted by atomic mass is 16.6. The van der Waals surface area contributed by atoms with Crippen molar-refractivity contribution in [2.24, 2.45) is 0 Å². The third kappa shape index (κ3) is 5.46. The Morgan fingerprint density at radius 1 is 1.25 bits per heavy atom. The smallest absolute Gasteiger partial charge is 0.326 e. The number of carbonyl (C=O) groups is 3. The molecular formula is C13H22N2O5. The highest BCUT2D eigenvalue weighted by Crippen LogP contribution is 2.11. The van der Waals surface area contributed by atoms with Crippen molar-refractivity contribution in [2.75, 3.05) is 13.1 Å². The van der Waals surface area contributed by atoms with E-state index in [2.05, 4.69) is 5.32 Å². The van der Waals surface area contributed by atoms with E-state index in [0.29, 0.717) is 13.1 Å².